The number of hydrogen-bond donors (Lipinski definition) is 3. The molecule has 0 heterocycles. The second-order valence-corrected chi connectivity index (χ2v) is 4.63. The molecule has 0 spiro atoms. The lowest BCUT2D eigenvalue weighted by molar-refractivity contribution is -0.131. The number of carbonyl (C=O) groups is 2. The van der Waals surface area contributed by atoms with E-state index in [-0.39, 0.29) is 5.91 Å². The van der Waals surface area contributed by atoms with E-state index in [4.69, 9.17) is 11.5 Å². The molecular weight excluding hydrogens is 218 g/mol. The van der Waals surface area contributed by atoms with E-state index in [1.54, 1.807) is 6.42 Å². The van der Waals surface area contributed by atoms with E-state index in [1.165, 1.54) is 0 Å². The molecule has 1 saturated carbocycles. The van der Waals surface area contributed by atoms with Gasteiger partial charge in [0.15, 0.2) is 0 Å². The normalized spacial score (nSPS) is 18.6. The number of carbonyl (C=O) groups excluding carboxylic acids is 2. The third kappa shape index (κ3) is 4.00. The summed E-state index contributed by atoms with van der Waals surface area (Å²) in [5, 5.41) is 2.78. The van der Waals surface area contributed by atoms with Gasteiger partial charge in [0.2, 0.25) is 11.8 Å². The van der Waals surface area contributed by atoms with E-state index in [0.29, 0.717) is 25.8 Å². The molecule has 17 heavy (non-hydrogen) atoms. The van der Waals surface area contributed by atoms with Crippen molar-refractivity contribution >= 4 is 11.8 Å². The molecule has 5 N–H and O–H groups in total. The molecule has 0 saturated heterocycles. The van der Waals surface area contributed by atoms with Crippen LogP contribution in [0.3, 0.4) is 0 Å². The maximum atomic E-state index is 11.7. The summed E-state index contributed by atoms with van der Waals surface area (Å²) in [6.45, 7) is 0.560. The van der Waals surface area contributed by atoms with E-state index in [1.807, 2.05) is 0 Å². The first kappa shape index (κ1) is 14.0. The molecular formula is C12H22N3O2. The van der Waals surface area contributed by atoms with Gasteiger partial charge in [-0.25, -0.2) is 0 Å². The minimum absolute atomic E-state index is 0.209. The summed E-state index contributed by atoms with van der Waals surface area (Å²) < 4.78 is 0. The van der Waals surface area contributed by atoms with Crippen molar-refractivity contribution in [2.45, 2.75) is 50.5 Å². The smallest absolute Gasteiger partial charge is 0.243 e. The second kappa shape index (κ2) is 6.59. The molecule has 0 aromatic rings. The molecule has 0 atom stereocenters. The highest BCUT2D eigenvalue weighted by Gasteiger charge is 2.38. The summed E-state index contributed by atoms with van der Waals surface area (Å²) in [5.74, 6) is -0.628. The molecule has 5 heteroatoms. The highest BCUT2D eigenvalue weighted by Crippen LogP contribution is 2.28. The molecule has 0 aromatic carbocycles. The topological polar surface area (TPSA) is 98.2 Å². The number of nitrogens with one attached hydrogen (secondary N) is 1. The Labute approximate surface area is 102 Å². The van der Waals surface area contributed by atoms with Crippen LogP contribution < -0.4 is 16.8 Å². The summed E-state index contributed by atoms with van der Waals surface area (Å²) >= 11 is 0. The van der Waals surface area contributed by atoms with Crippen molar-refractivity contribution in [2.75, 3.05) is 6.54 Å². The van der Waals surface area contributed by atoms with Crippen LogP contribution in [-0.2, 0) is 9.59 Å². The summed E-state index contributed by atoms with van der Waals surface area (Å²) in [5.41, 5.74) is 9.94. The Morgan fingerprint density at radius 2 is 1.88 bits per heavy atom. The molecule has 1 radical (unpaired) electrons. The molecule has 0 aromatic heterocycles. The van der Waals surface area contributed by atoms with Crippen molar-refractivity contribution in [1.82, 2.24) is 5.32 Å². The Hall–Kier alpha value is -1.10. The van der Waals surface area contributed by atoms with Crippen LogP contribution in [0.4, 0.5) is 0 Å². The van der Waals surface area contributed by atoms with E-state index in [9.17, 15) is 9.59 Å². The van der Waals surface area contributed by atoms with Crippen LogP contribution in [0.2, 0.25) is 0 Å². The van der Waals surface area contributed by atoms with Crippen molar-refractivity contribution in [3.8, 4) is 0 Å². The number of hydrogen-bond acceptors (Lipinski definition) is 3. The van der Waals surface area contributed by atoms with E-state index >= 15 is 0 Å². The molecule has 0 bridgehead atoms. The quantitative estimate of drug-likeness (QED) is 0.580. The molecule has 2 amide bonds. The SMILES string of the molecule is NCCC[CH]C(=O)NC1(C(N)=O)CCCCC1. The summed E-state index contributed by atoms with van der Waals surface area (Å²) in [4.78, 5) is 23.2. The van der Waals surface area contributed by atoms with Crippen LogP contribution in [0.25, 0.3) is 0 Å². The van der Waals surface area contributed by atoms with Crippen LogP contribution in [0, 0.1) is 6.42 Å². The molecule has 1 aliphatic carbocycles. The molecule has 0 unspecified atom stereocenters. The highest BCUT2D eigenvalue weighted by molar-refractivity contribution is 5.93. The first-order valence-electron chi connectivity index (χ1n) is 6.26. The highest BCUT2D eigenvalue weighted by atomic mass is 16.2. The lowest BCUT2D eigenvalue weighted by atomic mass is 9.81. The van der Waals surface area contributed by atoms with Gasteiger partial charge in [0.1, 0.15) is 5.54 Å². The number of primary amides is 1. The zero-order chi connectivity index (χ0) is 12.7. The van der Waals surface area contributed by atoms with Gasteiger partial charge in [-0.3, -0.25) is 9.59 Å². The zero-order valence-electron chi connectivity index (χ0n) is 10.2. The summed E-state index contributed by atoms with van der Waals surface area (Å²) in [6.07, 6.45) is 7.23. The third-order valence-electron chi connectivity index (χ3n) is 3.28. The van der Waals surface area contributed by atoms with E-state index < -0.39 is 11.4 Å². The Morgan fingerprint density at radius 1 is 1.24 bits per heavy atom. The van der Waals surface area contributed by atoms with Gasteiger partial charge < -0.3 is 16.8 Å². The minimum atomic E-state index is -0.825. The Bertz CT molecular complexity index is 273. The lowest BCUT2D eigenvalue weighted by Crippen LogP contribution is -2.58. The van der Waals surface area contributed by atoms with Crippen molar-refractivity contribution in [1.29, 1.82) is 0 Å². The van der Waals surface area contributed by atoms with Crippen LogP contribution in [0.5, 0.6) is 0 Å². The summed E-state index contributed by atoms with van der Waals surface area (Å²) in [6, 6.07) is 0. The molecule has 1 fully saturated rings. The zero-order valence-corrected chi connectivity index (χ0v) is 10.2. The van der Waals surface area contributed by atoms with Gasteiger partial charge in [-0.15, -0.1) is 0 Å². The number of amides is 2. The van der Waals surface area contributed by atoms with Gasteiger partial charge in [-0.1, -0.05) is 19.3 Å². The maximum absolute atomic E-state index is 11.7. The van der Waals surface area contributed by atoms with E-state index in [2.05, 4.69) is 5.32 Å². The van der Waals surface area contributed by atoms with Crippen molar-refractivity contribution in [2.24, 2.45) is 11.5 Å². The van der Waals surface area contributed by atoms with Crippen LogP contribution in [0.1, 0.15) is 44.9 Å². The van der Waals surface area contributed by atoms with Gasteiger partial charge >= 0.3 is 0 Å². The molecule has 5 nitrogen and oxygen atoms in total. The van der Waals surface area contributed by atoms with Crippen molar-refractivity contribution < 1.29 is 9.59 Å². The minimum Gasteiger partial charge on any atom is -0.368 e. The van der Waals surface area contributed by atoms with Crippen LogP contribution in [0.15, 0.2) is 0 Å². The van der Waals surface area contributed by atoms with Gasteiger partial charge in [0.25, 0.3) is 0 Å². The van der Waals surface area contributed by atoms with Gasteiger partial charge in [0.05, 0.1) is 0 Å². The average molecular weight is 240 g/mol. The van der Waals surface area contributed by atoms with Crippen LogP contribution in [-0.4, -0.2) is 23.9 Å². The predicted molar refractivity (Wildman–Crippen MR) is 65.7 cm³/mol. The van der Waals surface area contributed by atoms with Gasteiger partial charge in [-0.05, 0) is 32.2 Å². The largest absolute Gasteiger partial charge is 0.368 e. The number of nitrogens with two attached hydrogens (primary N) is 2. The third-order valence-corrected chi connectivity index (χ3v) is 3.28. The molecule has 97 valence electrons. The fourth-order valence-electron chi connectivity index (χ4n) is 2.23. The maximum Gasteiger partial charge on any atom is 0.243 e. The van der Waals surface area contributed by atoms with Crippen LogP contribution >= 0.6 is 0 Å². The molecule has 1 rings (SSSR count). The van der Waals surface area contributed by atoms with Gasteiger partial charge in [0, 0.05) is 6.42 Å². The fourth-order valence-corrected chi connectivity index (χ4v) is 2.23. The predicted octanol–water partition coefficient (Wildman–Crippen LogP) is 0.234. The molecule has 0 aliphatic heterocycles. The van der Waals surface area contributed by atoms with Crippen molar-refractivity contribution in [3.63, 3.8) is 0 Å². The number of rotatable bonds is 6. The first-order chi connectivity index (χ1) is 8.10. The fraction of sp³-hybridized carbons (Fsp3) is 0.750. The standard InChI is InChI=1S/C12H22N3O2/c13-9-5-2-6-10(16)15-12(11(14)17)7-3-1-4-8-12/h6H,1-5,7-9,13H2,(H2,14,17)(H,15,16). The summed E-state index contributed by atoms with van der Waals surface area (Å²) in [7, 11) is 0. The molecule has 1 aliphatic rings. The van der Waals surface area contributed by atoms with Gasteiger partial charge in [-0.2, -0.15) is 0 Å². The van der Waals surface area contributed by atoms with Crippen molar-refractivity contribution in [3.05, 3.63) is 6.42 Å². The van der Waals surface area contributed by atoms with E-state index in [0.717, 1.165) is 25.7 Å². The lowest BCUT2D eigenvalue weighted by Gasteiger charge is -2.35. The number of unbranched alkanes of at least 4 members (excludes halogenated alkanes) is 1. The Kier molecular flexibility index (Phi) is 5.41. The monoisotopic (exact) mass is 240 g/mol. The Morgan fingerprint density at radius 3 is 2.41 bits per heavy atom. The average Bonchev–Trinajstić information content (AvgIpc) is 2.30. The second-order valence-electron chi connectivity index (χ2n) is 4.63. The Balaban J connectivity index is 2.48. The first-order valence-corrected chi connectivity index (χ1v) is 6.26.